The Balaban J connectivity index is 2.12. The van der Waals surface area contributed by atoms with E-state index in [1.807, 2.05) is 6.26 Å². The van der Waals surface area contributed by atoms with Gasteiger partial charge >= 0.3 is 6.18 Å². The van der Waals surface area contributed by atoms with Crippen LogP contribution in [0.2, 0.25) is 0 Å². The standard InChI is InChI=1S/C11H14F3N3S/c1-18-10(2-3-10)6-17-8-4-9(11(12,13)14)16-5-7(8)15/h4-5H,2-3,6,15H2,1H3,(H,16,17). The quantitative estimate of drug-likeness (QED) is 0.888. The van der Waals surface area contributed by atoms with E-state index in [-0.39, 0.29) is 10.4 Å². The van der Waals surface area contributed by atoms with Gasteiger partial charge in [-0.05, 0) is 25.2 Å². The van der Waals surface area contributed by atoms with Crippen molar-refractivity contribution >= 4 is 23.1 Å². The number of hydrogen-bond donors (Lipinski definition) is 2. The van der Waals surface area contributed by atoms with Crippen molar-refractivity contribution < 1.29 is 13.2 Å². The number of nitrogens with two attached hydrogens (primary N) is 1. The number of nitrogen functional groups attached to an aromatic ring is 1. The molecule has 0 aromatic carbocycles. The van der Waals surface area contributed by atoms with Crippen LogP contribution < -0.4 is 11.1 Å². The van der Waals surface area contributed by atoms with Crippen LogP contribution in [-0.4, -0.2) is 22.5 Å². The van der Waals surface area contributed by atoms with E-state index >= 15 is 0 Å². The normalized spacial score (nSPS) is 17.6. The number of anilines is 2. The van der Waals surface area contributed by atoms with E-state index in [0.29, 0.717) is 12.2 Å². The molecule has 0 radical (unpaired) electrons. The zero-order valence-electron chi connectivity index (χ0n) is 9.84. The molecule has 1 aromatic rings. The first-order chi connectivity index (χ1) is 8.36. The molecule has 3 nitrogen and oxygen atoms in total. The van der Waals surface area contributed by atoms with Gasteiger partial charge in [-0.1, -0.05) is 0 Å². The maximum atomic E-state index is 12.5. The predicted molar refractivity (Wildman–Crippen MR) is 67.6 cm³/mol. The lowest BCUT2D eigenvalue weighted by Gasteiger charge is -2.16. The van der Waals surface area contributed by atoms with Gasteiger partial charge in [0.05, 0.1) is 17.6 Å². The molecular weight excluding hydrogens is 263 g/mol. The number of halogens is 3. The second kappa shape index (κ2) is 4.53. The fourth-order valence-corrected chi connectivity index (χ4v) is 2.35. The lowest BCUT2D eigenvalue weighted by molar-refractivity contribution is -0.141. The summed E-state index contributed by atoms with van der Waals surface area (Å²) < 4.78 is 37.7. The van der Waals surface area contributed by atoms with Crippen LogP contribution >= 0.6 is 11.8 Å². The lowest BCUT2D eigenvalue weighted by atomic mass is 10.2. The number of thioether (sulfide) groups is 1. The summed E-state index contributed by atoms with van der Waals surface area (Å²) in [6.07, 6.45) is 0.771. The summed E-state index contributed by atoms with van der Waals surface area (Å²) in [6.45, 7) is 0.625. The highest BCUT2D eigenvalue weighted by Gasteiger charge is 2.41. The molecule has 0 amide bonds. The Labute approximate surface area is 107 Å². The van der Waals surface area contributed by atoms with Crippen LogP contribution in [0, 0.1) is 0 Å². The first kappa shape index (κ1) is 13.3. The molecule has 0 spiro atoms. The number of pyridine rings is 1. The van der Waals surface area contributed by atoms with Crippen LogP contribution in [0.15, 0.2) is 12.3 Å². The fraction of sp³-hybridized carbons (Fsp3) is 0.545. The van der Waals surface area contributed by atoms with Gasteiger partial charge in [-0.3, -0.25) is 0 Å². The van der Waals surface area contributed by atoms with Crippen molar-refractivity contribution in [2.45, 2.75) is 23.8 Å². The molecule has 18 heavy (non-hydrogen) atoms. The molecule has 0 unspecified atom stereocenters. The van der Waals surface area contributed by atoms with Crippen LogP contribution in [0.1, 0.15) is 18.5 Å². The number of alkyl halides is 3. The number of rotatable bonds is 4. The molecule has 3 N–H and O–H groups in total. The minimum atomic E-state index is -4.44. The third-order valence-corrected chi connectivity index (χ3v) is 4.49. The van der Waals surface area contributed by atoms with E-state index in [1.165, 1.54) is 0 Å². The molecule has 7 heteroatoms. The monoisotopic (exact) mass is 277 g/mol. The van der Waals surface area contributed by atoms with Crippen molar-refractivity contribution in [3.05, 3.63) is 18.0 Å². The van der Waals surface area contributed by atoms with Gasteiger partial charge in [0.1, 0.15) is 5.69 Å². The third-order valence-electron chi connectivity index (χ3n) is 3.07. The molecular formula is C11H14F3N3S. The van der Waals surface area contributed by atoms with Crippen molar-refractivity contribution in [2.24, 2.45) is 0 Å². The molecule has 0 bridgehead atoms. The Morgan fingerprint density at radius 1 is 1.50 bits per heavy atom. The molecule has 1 saturated carbocycles. The lowest BCUT2D eigenvalue weighted by Crippen LogP contribution is -2.19. The highest BCUT2D eigenvalue weighted by Crippen LogP contribution is 2.47. The maximum Gasteiger partial charge on any atom is 0.433 e. The van der Waals surface area contributed by atoms with E-state index in [2.05, 4.69) is 10.3 Å². The van der Waals surface area contributed by atoms with E-state index in [0.717, 1.165) is 25.1 Å². The van der Waals surface area contributed by atoms with Crippen molar-refractivity contribution in [1.29, 1.82) is 0 Å². The Morgan fingerprint density at radius 2 is 2.17 bits per heavy atom. The molecule has 0 aliphatic heterocycles. The topological polar surface area (TPSA) is 50.9 Å². The predicted octanol–water partition coefficient (Wildman–Crippen LogP) is 2.99. The number of hydrogen-bond acceptors (Lipinski definition) is 4. The first-order valence-corrected chi connectivity index (χ1v) is 6.70. The summed E-state index contributed by atoms with van der Waals surface area (Å²) in [5.74, 6) is 0. The summed E-state index contributed by atoms with van der Waals surface area (Å²) in [5, 5.41) is 2.99. The summed E-state index contributed by atoms with van der Waals surface area (Å²) >= 11 is 1.73. The van der Waals surface area contributed by atoms with Gasteiger partial charge in [-0.25, -0.2) is 4.98 Å². The van der Waals surface area contributed by atoms with Crippen molar-refractivity contribution in [2.75, 3.05) is 23.9 Å². The van der Waals surface area contributed by atoms with Gasteiger partial charge in [0.15, 0.2) is 0 Å². The SMILES string of the molecule is CSC1(CNc2cc(C(F)(F)F)ncc2N)CC1. The summed E-state index contributed by atoms with van der Waals surface area (Å²) in [7, 11) is 0. The Morgan fingerprint density at radius 3 is 2.67 bits per heavy atom. The van der Waals surface area contributed by atoms with Crippen LogP contribution in [0.5, 0.6) is 0 Å². The molecule has 100 valence electrons. The first-order valence-electron chi connectivity index (χ1n) is 5.48. The molecule has 2 rings (SSSR count). The van der Waals surface area contributed by atoms with Crippen LogP contribution in [-0.2, 0) is 6.18 Å². The summed E-state index contributed by atoms with van der Waals surface area (Å²) in [6, 6.07) is 0.964. The molecule has 1 heterocycles. The second-order valence-corrected chi connectivity index (χ2v) is 5.67. The average Bonchev–Trinajstić information content (AvgIpc) is 3.07. The van der Waals surface area contributed by atoms with Gasteiger partial charge in [-0.15, -0.1) is 0 Å². The third kappa shape index (κ3) is 2.82. The van der Waals surface area contributed by atoms with Gasteiger partial charge in [0.25, 0.3) is 0 Å². The van der Waals surface area contributed by atoms with Crippen LogP contribution in [0.4, 0.5) is 24.5 Å². The van der Waals surface area contributed by atoms with E-state index in [4.69, 9.17) is 5.73 Å². The molecule has 1 aliphatic rings. The second-order valence-electron chi connectivity index (χ2n) is 4.40. The van der Waals surface area contributed by atoms with Crippen molar-refractivity contribution in [1.82, 2.24) is 4.98 Å². The minimum Gasteiger partial charge on any atom is -0.396 e. The van der Waals surface area contributed by atoms with Gasteiger partial charge in [0.2, 0.25) is 0 Å². The maximum absolute atomic E-state index is 12.5. The van der Waals surface area contributed by atoms with Crippen LogP contribution in [0.3, 0.4) is 0 Å². The van der Waals surface area contributed by atoms with Gasteiger partial charge in [0, 0.05) is 11.3 Å². The molecule has 0 atom stereocenters. The average molecular weight is 277 g/mol. The molecule has 1 aliphatic carbocycles. The van der Waals surface area contributed by atoms with E-state index < -0.39 is 11.9 Å². The molecule has 1 aromatic heterocycles. The van der Waals surface area contributed by atoms with Crippen molar-refractivity contribution in [3.63, 3.8) is 0 Å². The fourth-order valence-electron chi connectivity index (χ4n) is 1.62. The summed E-state index contributed by atoms with van der Waals surface area (Å²) in [4.78, 5) is 3.30. The zero-order valence-corrected chi connectivity index (χ0v) is 10.7. The van der Waals surface area contributed by atoms with Crippen molar-refractivity contribution in [3.8, 4) is 0 Å². The smallest absolute Gasteiger partial charge is 0.396 e. The largest absolute Gasteiger partial charge is 0.433 e. The molecule has 1 fully saturated rings. The molecule has 0 saturated heterocycles. The number of aromatic nitrogens is 1. The van der Waals surface area contributed by atoms with E-state index in [1.54, 1.807) is 11.8 Å². The highest BCUT2D eigenvalue weighted by atomic mass is 32.2. The minimum absolute atomic E-state index is 0.161. The Kier molecular flexibility index (Phi) is 3.35. The van der Waals surface area contributed by atoms with Gasteiger partial charge in [-0.2, -0.15) is 24.9 Å². The van der Waals surface area contributed by atoms with Gasteiger partial charge < -0.3 is 11.1 Å². The van der Waals surface area contributed by atoms with Crippen LogP contribution in [0.25, 0.3) is 0 Å². The van der Waals surface area contributed by atoms with E-state index in [9.17, 15) is 13.2 Å². The Hall–Kier alpha value is -1.11. The number of nitrogens with one attached hydrogen (secondary N) is 1. The zero-order chi connectivity index (χ0) is 13.4. The number of nitrogens with zero attached hydrogens (tertiary/aromatic N) is 1. The Bertz CT molecular complexity index is 444. The summed E-state index contributed by atoms with van der Waals surface area (Å²) in [5.41, 5.74) is 5.24. The highest BCUT2D eigenvalue weighted by molar-refractivity contribution is 8.00.